The van der Waals surface area contributed by atoms with Gasteiger partial charge < -0.3 is 5.11 Å². The van der Waals surface area contributed by atoms with Crippen molar-refractivity contribution >= 4 is 0 Å². The molecule has 4 fully saturated rings. The van der Waals surface area contributed by atoms with Gasteiger partial charge in [-0.05, 0) is 109 Å². The van der Waals surface area contributed by atoms with Crippen molar-refractivity contribution in [2.45, 2.75) is 119 Å². The van der Waals surface area contributed by atoms with Crippen LogP contribution in [-0.4, -0.2) is 11.2 Å². The third-order valence-corrected chi connectivity index (χ3v) is 13.3. The Bertz CT molecular complexity index is 777. The molecule has 31 heavy (non-hydrogen) atoms. The number of hydrogen-bond acceptors (Lipinski definition) is 1. The second kappa shape index (κ2) is 6.64. The second-order valence-electron chi connectivity index (χ2n) is 14.6. The van der Waals surface area contributed by atoms with Gasteiger partial charge in [0.15, 0.2) is 0 Å². The Kier molecular flexibility index (Phi) is 4.82. The van der Waals surface area contributed by atoms with E-state index in [0.29, 0.717) is 27.6 Å². The van der Waals surface area contributed by atoms with Crippen LogP contribution in [0.3, 0.4) is 0 Å². The molecular weight excluding hydrogens is 376 g/mol. The number of allylic oxidation sites excluding steroid dienone is 1. The summed E-state index contributed by atoms with van der Waals surface area (Å²) in [5.74, 6) is 4.15. The monoisotopic (exact) mass is 426 g/mol. The summed E-state index contributed by atoms with van der Waals surface area (Å²) < 4.78 is 0. The molecule has 1 heteroatoms. The highest BCUT2D eigenvalue weighted by Crippen LogP contribution is 2.77. The maximum Gasteiger partial charge on any atom is 0.0628 e. The van der Waals surface area contributed by atoms with Crippen LogP contribution >= 0.6 is 0 Å². The van der Waals surface area contributed by atoms with Crippen LogP contribution in [0.2, 0.25) is 0 Å². The molecule has 1 nitrogen and oxygen atoms in total. The highest BCUT2D eigenvalue weighted by molar-refractivity contribution is 5.30. The van der Waals surface area contributed by atoms with Gasteiger partial charge in [0.25, 0.3) is 0 Å². The van der Waals surface area contributed by atoms with Gasteiger partial charge in [0.1, 0.15) is 0 Å². The van der Waals surface area contributed by atoms with Crippen LogP contribution in [0.1, 0.15) is 113 Å². The molecule has 0 radical (unpaired) electrons. The molecule has 0 heterocycles. The standard InChI is InChI=1S/C30H50O/c1-19(2)20-9-12-23-27(20,5)15-17-30(8)24-13-10-21-22(11-14-25(31)26(21,3)4)28(24,6)16-18-29(23,30)7/h10,19-20,22-25,31H,9,11-18H2,1-8H3/t20-,22+,23+,24-,25-,27+,28-,29-,30+/m0/s1. The fraction of sp³-hybridized carbons (Fsp3) is 0.933. The Hall–Kier alpha value is -0.300. The molecule has 0 spiro atoms. The summed E-state index contributed by atoms with van der Waals surface area (Å²) in [5, 5.41) is 10.8. The van der Waals surface area contributed by atoms with Gasteiger partial charge in [-0.15, -0.1) is 0 Å². The van der Waals surface area contributed by atoms with E-state index < -0.39 is 0 Å². The van der Waals surface area contributed by atoms with Crippen LogP contribution in [0.15, 0.2) is 11.6 Å². The Balaban J connectivity index is 1.55. The van der Waals surface area contributed by atoms with Gasteiger partial charge in [0.05, 0.1) is 6.10 Å². The Labute approximate surface area is 192 Å². The lowest BCUT2D eigenvalue weighted by molar-refractivity contribution is -0.214. The summed E-state index contributed by atoms with van der Waals surface area (Å²) >= 11 is 0. The Morgan fingerprint density at radius 2 is 1.39 bits per heavy atom. The van der Waals surface area contributed by atoms with E-state index in [4.69, 9.17) is 0 Å². The number of aliphatic hydroxyl groups excluding tert-OH is 1. The summed E-state index contributed by atoms with van der Waals surface area (Å²) in [7, 11) is 0. The van der Waals surface area contributed by atoms with Gasteiger partial charge in [-0.25, -0.2) is 0 Å². The van der Waals surface area contributed by atoms with E-state index in [-0.39, 0.29) is 11.5 Å². The van der Waals surface area contributed by atoms with Crippen LogP contribution in [0, 0.1) is 56.7 Å². The van der Waals surface area contributed by atoms with Crippen LogP contribution in [-0.2, 0) is 0 Å². The molecular formula is C30H50O. The molecule has 176 valence electrons. The van der Waals surface area contributed by atoms with E-state index in [2.05, 4.69) is 61.5 Å². The first-order valence-corrected chi connectivity index (χ1v) is 13.7. The van der Waals surface area contributed by atoms with Crippen LogP contribution < -0.4 is 0 Å². The predicted molar refractivity (Wildman–Crippen MR) is 131 cm³/mol. The van der Waals surface area contributed by atoms with Crippen molar-refractivity contribution in [3.8, 4) is 0 Å². The molecule has 0 bridgehead atoms. The van der Waals surface area contributed by atoms with Gasteiger partial charge in [-0.2, -0.15) is 0 Å². The lowest BCUT2D eigenvalue weighted by Crippen LogP contribution is -2.64. The first-order chi connectivity index (χ1) is 14.3. The molecule has 0 aromatic heterocycles. The second-order valence-corrected chi connectivity index (χ2v) is 14.6. The van der Waals surface area contributed by atoms with Crippen LogP contribution in [0.4, 0.5) is 0 Å². The van der Waals surface area contributed by atoms with E-state index in [9.17, 15) is 5.11 Å². The minimum Gasteiger partial charge on any atom is -0.392 e. The van der Waals surface area contributed by atoms with Crippen molar-refractivity contribution in [1.29, 1.82) is 0 Å². The maximum absolute atomic E-state index is 10.8. The van der Waals surface area contributed by atoms with Gasteiger partial charge in [-0.1, -0.05) is 67.0 Å². The molecule has 0 aliphatic heterocycles. The smallest absolute Gasteiger partial charge is 0.0628 e. The van der Waals surface area contributed by atoms with E-state index >= 15 is 0 Å². The summed E-state index contributed by atoms with van der Waals surface area (Å²) in [4.78, 5) is 0. The van der Waals surface area contributed by atoms with Gasteiger partial charge in [0, 0.05) is 5.41 Å². The van der Waals surface area contributed by atoms with Gasteiger partial charge in [-0.3, -0.25) is 0 Å². The molecule has 0 saturated heterocycles. The normalized spacial score (nSPS) is 55.7. The van der Waals surface area contributed by atoms with Crippen molar-refractivity contribution < 1.29 is 5.11 Å². The quantitative estimate of drug-likeness (QED) is 0.421. The largest absolute Gasteiger partial charge is 0.392 e. The topological polar surface area (TPSA) is 20.2 Å². The molecule has 1 N–H and O–H groups in total. The highest BCUT2D eigenvalue weighted by Gasteiger charge is 2.70. The van der Waals surface area contributed by atoms with Crippen molar-refractivity contribution in [2.75, 3.05) is 0 Å². The summed E-state index contributed by atoms with van der Waals surface area (Å²) in [6.45, 7) is 20.4. The Morgan fingerprint density at radius 1 is 0.774 bits per heavy atom. The zero-order valence-corrected chi connectivity index (χ0v) is 21.9. The fourth-order valence-electron chi connectivity index (χ4n) is 11.2. The Morgan fingerprint density at radius 3 is 2.03 bits per heavy atom. The average molecular weight is 427 g/mol. The molecule has 9 atom stereocenters. The minimum absolute atomic E-state index is 0.0420. The highest BCUT2D eigenvalue weighted by atomic mass is 16.3. The van der Waals surface area contributed by atoms with E-state index in [1.165, 1.54) is 51.4 Å². The van der Waals surface area contributed by atoms with Crippen molar-refractivity contribution in [3.05, 3.63) is 11.6 Å². The molecule has 0 unspecified atom stereocenters. The lowest BCUT2D eigenvalue weighted by Gasteiger charge is -2.71. The SMILES string of the molecule is CC(C)[C@@H]1CC[C@@H]2[C@]1(C)CC[C@]1(C)[C@H]3CC=C4[C@@H](CC[C@H](O)C4(C)C)[C@]3(C)CC[C@@]21C. The van der Waals surface area contributed by atoms with E-state index in [1.807, 2.05) is 0 Å². The molecule has 5 aliphatic rings. The summed E-state index contributed by atoms with van der Waals surface area (Å²) in [6.07, 6.45) is 14.6. The van der Waals surface area contributed by atoms with E-state index in [0.717, 1.165) is 30.1 Å². The molecule has 4 saturated carbocycles. The number of aliphatic hydroxyl groups is 1. The summed E-state index contributed by atoms with van der Waals surface area (Å²) in [6, 6.07) is 0. The molecule has 0 amide bonds. The number of rotatable bonds is 1. The van der Waals surface area contributed by atoms with Crippen LogP contribution in [0.5, 0.6) is 0 Å². The minimum atomic E-state index is -0.165. The number of fused-ring (bicyclic) bond motifs is 7. The summed E-state index contributed by atoms with van der Waals surface area (Å²) in [5.41, 5.74) is 3.49. The molecule has 5 aliphatic carbocycles. The van der Waals surface area contributed by atoms with Gasteiger partial charge >= 0.3 is 0 Å². The predicted octanol–water partition coefficient (Wildman–Crippen LogP) is 8.02. The third-order valence-electron chi connectivity index (χ3n) is 13.3. The lowest BCUT2D eigenvalue weighted by atomic mass is 9.33. The van der Waals surface area contributed by atoms with Crippen molar-refractivity contribution in [3.63, 3.8) is 0 Å². The molecule has 0 aromatic carbocycles. The molecule has 5 rings (SSSR count). The average Bonchev–Trinajstić information content (AvgIpc) is 3.05. The van der Waals surface area contributed by atoms with Crippen LogP contribution in [0.25, 0.3) is 0 Å². The van der Waals surface area contributed by atoms with Crippen molar-refractivity contribution in [2.24, 2.45) is 56.7 Å². The molecule has 0 aromatic rings. The third kappa shape index (κ3) is 2.60. The van der Waals surface area contributed by atoms with E-state index in [1.54, 1.807) is 5.57 Å². The number of hydrogen-bond donors (Lipinski definition) is 1. The van der Waals surface area contributed by atoms with Gasteiger partial charge in [0.2, 0.25) is 0 Å². The zero-order valence-electron chi connectivity index (χ0n) is 21.9. The maximum atomic E-state index is 10.8. The fourth-order valence-corrected chi connectivity index (χ4v) is 11.2. The van der Waals surface area contributed by atoms with Crippen molar-refractivity contribution in [1.82, 2.24) is 0 Å². The first-order valence-electron chi connectivity index (χ1n) is 13.7. The zero-order chi connectivity index (χ0) is 22.6. The first kappa shape index (κ1) is 22.5.